The van der Waals surface area contributed by atoms with E-state index < -0.39 is 5.97 Å². The zero-order valence-corrected chi connectivity index (χ0v) is 15.8. The van der Waals surface area contributed by atoms with Crippen LogP contribution in [0.3, 0.4) is 0 Å². The van der Waals surface area contributed by atoms with Crippen molar-refractivity contribution in [1.82, 2.24) is 4.98 Å². The Labute approximate surface area is 163 Å². The maximum Gasteiger partial charge on any atom is 0.344 e. The second-order valence-electron chi connectivity index (χ2n) is 6.38. The van der Waals surface area contributed by atoms with Crippen LogP contribution in [0.25, 0.3) is 0 Å². The number of aromatic nitrogens is 1. The number of benzene rings is 1. The third kappa shape index (κ3) is 5.44. The molecule has 0 amide bonds. The summed E-state index contributed by atoms with van der Waals surface area (Å²) in [7, 11) is 0. The number of carbonyl (C=O) groups is 2. The zero-order valence-electron chi connectivity index (χ0n) is 15.1. The van der Waals surface area contributed by atoms with E-state index in [1.165, 1.54) is 6.92 Å². The molecule has 0 saturated carbocycles. The Balaban J connectivity index is 1.41. The van der Waals surface area contributed by atoms with Crippen molar-refractivity contribution in [2.75, 3.05) is 24.6 Å². The topological polar surface area (TPSA) is 68.7 Å². The number of ether oxygens (including phenoxy) is 2. The van der Waals surface area contributed by atoms with E-state index in [2.05, 4.69) is 9.88 Å². The average Bonchev–Trinajstić information content (AvgIpc) is 2.68. The van der Waals surface area contributed by atoms with E-state index in [9.17, 15) is 9.59 Å². The van der Waals surface area contributed by atoms with Gasteiger partial charge < -0.3 is 14.4 Å². The summed E-state index contributed by atoms with van der Waals surface area (Å²) in [6, 6.07) is 10.4. The summed E-state index contributed by atoms with van der Waals surface area (Å²) in [5.41, 5.74) is 0.604. The molecule has 3 rings (SSSR count). The predicted molar refractivity (Wildman–Crippen MR) is 103 cm³/mol. The summed E-state index contributed by atoms with van der Waals surface area (Å²) < 4.78 is 10.9. The van der Waals surface area contributed by atoms with Crippen LogP contribution in [0.5, 0.6) is 5.75 Å². The number of ketones is 1. The van der Waals surface area contributed by atoms with Crippen molar-refractivity contribution in [3.63, 3.8) is 0 Å². The number of carbonyl (C=O) groups excluding carboxylic acids is 2. The summed E-state index contributed by atoms with van der Waals surface area (Å²) >= 11 is 5.86. The van der Waals surface area contributed by atoms with Gasteiger partial charge >= 0.3 is 5.97 Å². The third-order valence-electron chi connectivity index (χ3n) is 4.39. The lowest BCUT2D eigenvalue weighted by atomic mass is 10.1. The van der Waals surface area contributed by atoms with Gasteiger partial charge in [0.15, 0.2) is 12.4 Å². The Bertz CT molecular complexity index is 785. The van der Waals surface area contributed by atoms with Gasteiger partial charge in [-0.25, -0.2) is 9.78 Å². The van der Waals surface area contributed by atoms with Crippen LogP contribution in [0.4, 0.5) is 5.82 Å². The number of hydrogen-bond donors (Lipinski definition) is 0. The number of nitrogens with zero attached hydrogens (tertiary/aromatic N) is 2. The minimum atomic E-state index is -0.395. The highest BCUT2D eigenvalue weighted by Crippen LogP contribution is 2.21. The zero-order chi connectivity index (χ0) is 19.2. The van der Waals surface area contributed by atoms with Crippen molar-refractivity contribution in [2.45, 2.75) is 25.9 Å². The monoisotopic (exact) mass is 388 g/mol. The first-order valence-corrected chi connectivity index (χ1v) is 9.19. The first-order chi connectivity index (χ1) is 13.0. The standard InChI is InChI=1S/C20H21ClN2O4/c1-14(24)15-2-5-17(6-3-15)26-13-20(25)27-18-8-10-23(11-9-18)19-7-4-16(21)12-22-19/h2-7,12,18H,8-11,13H2,1H3. The van der Waals surface area contributed by atoms with Crippen LogP contribution in [0.15, 0.2) is 42.6 Å². The molecule has 0 unspecified atom stereocenters. The average molecular weight is 389 g/mol. The molecule has 27 heavy (non-hydrogen) atoms. The first-order valence-electron chi connectivity index (χ1n) is 8.81. The van der Waals surface area contributed by atoms with Gasteiger partial charge in [0, 0.05) is 37.7 Å². The number of rotatable bonds is 6. The van der Waals surface area contributed by atoms with Crippen LogP contribution in [0.2, 0.25) is 5.02 Å². The second-order valence-corrected chi connectivity index (χ2v) is 6.82. The smallest absolute Gasteiger partial charge is 0.344 e. The van der Waals surface area contributed by atoms with Gasteiger partial charge in [0.25, 0.3) is 0 Å². The van der Waals surface area contributed by atoms with Crippen LogP contribution < -0.4 is 9.64 Å². The van der Waals surface area contributed by atoms with E-state index in [0.717, 1.165) is 31.7 Å². The molecule has 0 radical (unpaired) electrons. The molecule has 2 heterocycles. The van der Waals surface area contributed by atoms with E-state index >= 15 is 0 Å². The Kier molecular flexibility index (Phi) is 6.29. The molecule has 1 aliphatic rings. The Hall–Kier alpha value is -2.60. The molecule has 0 aliphatic carbocycles. The highest BCUT2D eigenvalue weighted by Gasteiger charge is 2.23. The summed E-state index contributed by atoms with van der Waals surface area (Å²) in [5.74, 6) is 0.997. The normalized spacial score (nSPS) is 14.7. The summed E-state index contributed by atoms with van der Waals surface area (Å²) in [6.45, 7) is 2.87. The summed E-state index contributed by atoms with van der Waals surface area (Å²) in [5, 5.41) is 0.610. The second kappa shape index (κ2) is 8.86. The van der Waals surface area contributed by atoms with Gasteiger partial charge in [-0.05, 0) is 43.3 Å². The van der Waals surface area contributed by atoms with Crippen molar-refractivity contribution in [3.8, 4) is 5.75 Å². The Morgan fingerprint density at radius 3 is 2.44 bits per heavy atom. The fourth-order valence-electron chi connectivity index (χ4n) is 2.91. The number of esters is 1. The summed E-state index contributed by atoms with van der Waals surface area (Å²) in [4.78, 5) is 29.7. The van der Waals surface area contributed by atoms with Crippen molar-refractivity contribution in [3.05, 3.63) is 53.2 Å². The Morgan fingerprint density at radius 2 is 1.85 bits per heavy atom. The van der Waals surface area contributed by atoms with E-state index in [0.29, 0.717) is 16.3 Å². The molecule has 7 heteroatoms. The lowest BCUT2D eigenvalue weighted by molar-refractivity contribution is -0.152. The van der Waals surface area contributed by atoms with Gasteiger partial charge in [0.2, 0.25) is 0 Å². The lowest BCUT2D eigenvalue weighted by Gasteiger charge is -2.32. The molecular formula is C20H21ClN2O4. The maximum atomic E-state index is 12.0. The van der Waals surface area contributed by atoms with Crippen LogP contribution in [0, 0.1) is 0 Å². The summed E-state index contributed by atoms with van der Waals surface area (Å²) in [6.07, 6.45) is 2.99. The molecule has 1 aliphatic heterocycles. The quantitative estimate of drug-likeness (QED) is 0.557. The van der Waals surface area contributed by atoms with Gasteiger partial charge in [-0.1, -0.05) is 11.6 Å². The van der Waals surface area contributed by atoms with E-state index in [4.69, 9.17) is 21.1 Å². The SMILES string of the molecule is CC(=O)c1ccc(OCC(=O)OC2CCN(c3ccc(Cl)cn3)CC2)cc1. The van der Waals surface area contributed by atoms with Gasteiger partial charge in [-0.3, -0.25) is 4.79 Å². The molecule has 1 aromatic heterocycles. The van der Waals surface area contributed by atoms with Crippen molar-refractivity contribution in [1.29, 1.82) is 0 Å². The molecule has 0 N–H and O–H groups in total. The van der Waals surface area contributed by atoms with Crippen LogP contribution in [0.1, 0.15) is 30.1 Å². The number of piperidine rings is 1. The number of hydrogen-bond acceptors (Lipinski definition) is 6. The van der Waals surface area contributed by atoms with Crippen molar-refractivity contribution >= 4 is 29.2 Å². The van der Waals surface area contributed by atoms with Crippen LogP contribution in [-0.4, -0.2) is 42.5 Å². The predicted octanol–water partition coefficient (Wildman–Crippen LogP) is 3.53. The van der Waals surface area contributed by atoms with E-state index in [-0.39, 0.29) is 18.5 Å². The largest absolute Gasteiger partial charge is 0.482 e. The van der Waals surface area contributed by atoms with E-state index in [1.54, 1.807) is 30.5 Å². The lowest BCUT2D eigenvalue weighted by Crippen LogP contribution is -2.38. The van der Waals surface area contributed by atoms with Gasteiger partial charge in [-0.2, -0.15) is 0 Å². The number of Topliss-reactive ketones (excluding diaryl/α,β-unsaturated/α-hetero) is 1. The molecule has 6 nitrogen and oxygen atoms in total. The van der Waals surface area contributed by atoms with Crippen LogP contribution in [-0.2, 0) is 9.53 Å². The molecule has 2 aromatic rings. The fourth-order valence-corrected chi connectivity index (χ4v) is 3.02. The molecule has 0 spiro atoms. The first kappa shape index (κ1) is 19.2. The maximum absolute atomic E-state index is 12.0. The van der Waals surface area contributed by atoms with E-state index in [1.807, 2.05) is 12.1 Å². The molecule has 1 saturated heterocycles. The molecule has 1 fully saturated rings. The number of halogens is 1. The molecule has 142 valence electrons. The van der Waals surface area contributed by atoms with Gasteiger partial charge in [0.05, 0.1) is 5.02 Å². The third-order valence-corrected chi connectivity index (χ3v) is 4.62. The van der Waals surface area contributed by atoms with Crippen molar-refractivity contribution in [2.24, 2.45) is 0 Å². The number of pyridine rings is 1. The van der Waals surface area contributed by atoms with Gasteiger partial charge in [-0.15, -0.1) is 0 Å². The molecule has 0 bridgehead atoms. The fraction of sp³-hybridized carbons (Fsp3) is 0.350. The number of anilines is 1. The molecular weight excluding hydrogens is 368 g/mol. The van der Waals surface area contributed by atoms with Crippen molar-refractivity contribution < 1.29 is 19.1 Å². The minimum absolute atomic E-state index is 0.0129. The highest BCUT2D eigenvalue weighted by molar-refractivity contribution is 6.30. The van der Waals surface area contributed by atoms with Crippen LogP contribution >= 0.6 is 11.6 Å². The van der Waals surface area contributed by atoms with Gasteiger partial charge in [0.1, 0.15) is 17.7 Å². The Morgan fingerprint density at radius 1 is 1.15 bits per heavy atom. The highest BCUT2D eigenvalue weighted by atomic mass is 35.5. The minimum Gasteiger partial charge on any atom is -0.482 e. The molecule has 0 atom stereocenters. The molecule has 1 aromatic carbocycles.